The third-order valence-electron chi connectivity index (χ3n) is 2.83. The van der Waals surface area contributed by atoms with Crippen LogP contribution in [0.3, 0.4) is 0 Å². The molecule has 0 amide bonds. The molecule has 1 fully saturated rings. The Bertz CT molecular complexity index is 217. The summed E-state index contributed by atoms with van der Waals surface area (Å²) in [5, 5.41) is 11.4. The van der Waals surface area contributed by atoms with Crippen LogP contribution in [0.4, 0.5) is 0 Å². The van der Waals surface area contributed by atoms with E-state index in [1.807, 2.05) is 0 Å². The van der Waals surface area contributed by atoms with E-state index < -0.39 is 0 Å². The summed E-state index contributed by atoms with van der Waals surface area (Å²) in [6, 6.07) is 0.571. The Kier molecular flexibility index (Phi) is 3.71. The summed E-state index contributed by atoms with van der Waals surface area (Å²) in [6.45, 7) is 4.80. The molecule has 82 valence electrons. The van der Waals surface area contributed by atoms with Crippen LogP contribution in [-0.2, 0) is 0 Å². The van der Waals surface area contributed by atoms with E-state index in [4.69, 9.17) is 10.9 Å². The number of hydrogen-bond acceptors (Lipinski definition) is 4. The lowest BCUT2D eigenvalue weighted by Gasteiger charge is -2.22. The minimum atomic E-state index is 0.289. The molecular weight excluding hydrogens is 180 g/mol. The van der Waals surface area contributed by atoms with Crippen LogP contribution < -0.4 is 5.73 Å². The number of oxime groups is 1. The fourth-order valence-electron chi connectivity index (χ4n) is 2.11. The molecule has 14 heavy (non-hydrogen) atoms. The van der Waals surface area contributed by atoms with E-state index in [1.54, 1.807) is 0 Å². The lowest BCUT2D eigenvalue weighted by Crippen LogP contribution is -2.36. The van der Waals surface area contributed by atoms with Gasteiger partial charge in [-0.05, 0) is 20.0 Å². The molecule has 1 rings (SSSR count). The van der Waals surface area contributed by atoms with Gasteiger partial charge in [0, 0.05) is 19.1 Å². The van der Waals surface area contributed by atoms with E-state index in [-0.39, 0.29) is 5.84 Å². The van der Waals surface area contributed by atoms with Crippen molar-refractivity contribution in [1.29, 1.82) is 0 Å². The lowest BCUT2D eigenvalue weighted by atomic mass is 10.1. The lowest BCUT2D eigenvalue weighted by molar-refractivity contribution is 0.256. The molecule has 1 saturated heterocycles. The van der Waals surface area contributed by atoms with Crippen molar-refractivity contribution in [3.05, 3.63) is 0 Å². The molecule has 1 heterocycles. The topological polar surface area (TPSA) is 65.1 Å². The average Bonchev–Trinajstić information content (AvgIpc) is 2.46. The molecule has 1 aliphatic heterocycles. The van der Waals surface area contributed by atoms with Gasteiger partial charge in [0.05, 0.1) is 6.54 Å². The summed E-state index contributed by atoms with van der Waals surface area (Å²) in [4.78, 5) is 4.45. The fourth-order valence-corrected chi connectivity index (χ4v) is 2.11. The maximum atomic E-state index is 8.46. The third-order valence-corrected chi connectivity index (χ3v) is 2.83. The molecule has 3 N–H and O–H groups in total. The zero-order valence-electron chi connectivity index (χ0n) is 9.14. The second kappa shape index (κ2) is 4.61. The smallest absolute Gasteiger partial charge is 0.153 e. The molecule has 0 aromatic rings. The molecule has 1 aliphatic rings. The minimum Gasteiger partial charge on any atom is -0.409 e. The minimum absolute atomic E-state index is 0.289. The van der Waals surface area contributed by atoms with Crippen LogP contribution in [0.1, 0.15) is 6.92 Å². The molecule has 0 saturated carbocycles. The van der Waals surface area contributed by atoms with Crippen LogP contribution in [0.15, 0.2) is 5.16 Å². The maximum Gasteiger partial charge on any atom is 0.153 e. The third kappa shape index (κ3) is 2.59. The first-order valence-corrected chi connectivity index (χ1v) is 4.89. The molecule has 5 heteroatoms. The largest absolute Gasteiger partial charge is 0.409 e. The number of rotatable bonds is 3. The second-order valence-electron chi connectivity index (χ2n) is 4.29. The van der Waals surface area contributed by atoms with Gasteiger partial charge in [-0.3, -0.25) is 4.90 Å². The van der Waals surface area contributed by atoms with E-state index in [0.717, 1.165) is 13.1 Å². The van der Waals surface area contributed by atoms with Crippen LogP contribution in [0.2, 0.25) is 0 Å². The highest BCUT2D eigenvalue weighted by Gasteiger charge is 2.30. The Morgan fingerprint density at radius 1 is 1.57 bits per heavy atom. The number of nitrogens with zero attached hydrogens (tertiary/aromatic N) is 3. The normalized spacial score (nSPS) is 30.1. The van der Waals surface area contributed by atoms with Gasteiger partial charge in [0.1, 0.15) is 0 Å². The van der Waals surface area contributed by atoms with Gasteiger partial charge in [-0.1, -0.05) is 12.1 Å². The SMILES string of the molecule is CC1CN(CC(N)=NO)CC1N(C)C. The highest BCUT2D eigenvalue weighted by molar-refractivity contribution is 5.81. The van der Waals surface area contributed by atoms with Gasteiger partial charge in [0.2, 0.25) is 0 Å². The molecule has 5 nitrogen and oxygen atoms in total. The van der Waals surface area contributed by atoms with Gasteiger partial charge in [0.15, 0.2) is 5.84 Å². The monoisotopic (exact) mass is 200 g/mol. The average molecular weight is 200 g/mol. The van der Waals surface area contributed by atoms with Crippen molar-refractivity contribution in [1.82, 2.24) is 9.80 Å². The molecular formula is C9H20N4O. The van der Waals surface area contributed by atoms with E-state index in [1.165, 1.54) is 0 Å². The fraction of sp³-hybridized carbons (Fsp3) is 0.889. The summed E-state index contributed by atoms with van der Waals surface area (Å²) < 4.78 is 0. The molecule has 0 aromatic heterocycles. The number of likely N-dealkylation sites (N-methyl/N-ethyl adjacent to an activating group) is 1. The van der Waals surface area contributed by atoms with Gasteiger partial charge < -0.3 is 15.8 Å². The number of amidine groups is 1. The molecule has 0 radical (unpaired) electrons. The van der Waals surface area contributed by atoms with Crippen molar-refractivity contribution in [3.63, 3.8) is 0 Å². The molecule has 0 aliphatic carbocycles. The predicted molar refractivity (Wildman–Crippen MR) is 56.5 cm³/mol. The Hall–Kier alpha value is -0.810. The summed E-state index contributed by atoms with van der Waals surface area (Å²) in [5.41, 5.74) is 5.46. The zero-order chi connectivity index (χ0) is 10.7. The van der Waals surface area contributed by atoms with Gasteiger partial charge in [-0.2, -0.15) is 0 Å². The highest BCUT2D eigenvalue weighted by atomic mass is 16.4. The van der Waals surface area contributed by atoms with Crippen molar-refractivity contribution in [3.8, 4) is 0 Å². The summed E-state index contributed by atoms with van der Waals surface area (Å²) in [6.07, 6.45) is 0. The van der Waals surface area contributed by atoms with Crippen molar-refractivity contribution < 1.29 is 5.21 Å². The Morgan fingerprint density at radius 3 is 2.64 bits per heavy atom. The Balaban J connectivity index is 2.46. The van der Waals surface area contributed by atoms with Gasteiger partial charge in [-0.15, -0.1) is 0 Å². The van der Waals surface area contributed by atoms with Crippen LogP contribution in [0.25, 0.3) is 0 Å². The van der Waals surface area contributed by atoms with Crippen molar-refractivity contribution in [2.24, 2.45) is 16.8 Å². The number of likely N-dealkylation sites (tertiary alicyclic amines) is 1. The van der Waals surface area contributed by atoms with E-state index in [0.29, 0.717) is 18.5 Å². The van der Waals surface area contributed by atoms with Crippen molar-refractivity contribution in [2.45, 2.75) is 13.0 Å². The first-order valence-electron chi connectivity index (χ1n) is 4.89. The first kappa shape index (κ1) is 11.3. The second-order valence-corrected chi connectivity index (χ2v) is 4.29. The van der Waals surface area contributed by atoms with Gasteiger partial charge in [0.25, 0.3) is 0 Å². The summed E-state index contributed by atoms with van der Waals surface area (Å²) in [7, 11) is 4.18. The van der Waals surface area contributed by atoms with E-state index >= 15 is 0 Å². The van der Waals surface area contributed by atoms with Crippen LogP contribution in [0, 0.1) is 5.92 Å². The maximum absolute atomic E-state index is 8.46. The van der Waals surface area contributed by atoms with Crippen LogP contribution in [-0.4, -0.2) is 60.6 Å². The van der Waals surface area contributed by atoms with Gasteiger partial charge >= 0.3 is 0 Å². The zero-order valence-corrected chi connectivity index (χ0v) is 9.14. The van der Waals surface area contributed by atoms with Crippen LogP contribution in [0.5, 0.6) is 0 Å². The standard InChI is InChI=1S/C9H20N4O/c1-7-4-13(6-9(10)11-14)5-8(7)12(2)3/h7-8,14H,4-6H2,1-3H3,(H2,10,11). The summed E-state index contributed by atoms with van der Waals surface area (Å²) >= 11 is 0. The molecule has 0 spiro atoms. The summed E-state index contributed by atoms with van der Waals surface area (Å²) in [5.74, 6) is 0.924. The molecule has 0 bridgehead atoms. The Labute approximate surface area is 85.2 Å². The predicted octanol–water partition coefficient (Wildman–Crippen LogP) is -0.385. The van der Waals surface area contributed by atoms with E-state index in [9.17, 15) is 0 Å². The quantitative estimate of drug-likeness (QED) is 0.282. The van der Waals surface area contributed by atoms with E-state index in [2.05, 4.69) is 36.0 Å². The Morgan fingerprint density at radius 2 is 2.21 bits per heavy atom. The van der Waals surface area contributed by atoms with Gasteiger partial charge in [-0.25, -0.2) is 0 Å². The number of hydrogen-bond donors (Lipinski definition) is 2. The van der Waals surface area contributed by atoms with Crippen molar-refractivity contribution >= 4 is 5.84 Å². The molecule has 2 unspecified atom stereocenters. The molecule has 2 atom stereocenters. The van der Waals surface area contributed by atoms with Crippen LogP contribution >= 0.6 is 0 Å². The number of nitrogens with two attached hydrogens (primary N) is 1. The molecule has 0 aromatic carbocycles. The van der Waals surface area contributed by atoms with Crippen molar-refractivity contribution in [2.75, 3.05) is 33.7 Å². The first-order chi connectivity index (χ1) is 6.54. The highest BCUT2D eigenvalue weighted by Crippen LogP contribution is 2.19.